The number of alkyl halides is 2. The van der Waals surface area contributed by atoms with Crippen LogP contribution in [0.3, 0.4) is 0 Å². The molecule has 0 heterocycles. The van der Waals surface area contributed by atoms with Crippen molar-refractivity contribution < 1.29 is 19.3 Å². The Labute approximate surface area is 81.2 Å². The first kappa shape index (κ1) is 10.7. The molecule has 0 spiro atoms. The van der Waals surface area contributed by atoms with Crippen LogP contribution in [0, 0.1) is 5.82 Å². The zero-order chi connectivity index (χ0) is 10.6. The van der Waals surface area contributed by atoms with E-state index >= 15 is 0 Å². The molecular weight excluding hydrogens is 195 g/mol. The molecule has 0 saturated carbocycles. The Bertz CT molecular complexity index is 309. The van der Waals surface area contributed by atoms with Gasteiger partial charge in [0.15, 0.2) is 11.6 Å². The number of benzene rings is 1. The van der Waals surface area contributed by atoms with Gasteiger partial charge < -0.3 is 10.1 Å². The second-order valence-electron chi connectivity index (χ2n) is 2.55. The lowest BCUT2D eigenvalue weighted by Crippen LogP contribution is -2.04. The molecule has 14 heavy (non-hydrogen) atoms. The van der Waals surface area contributed by atoms with E-state index in [0.717, 1.165) is 6.07 Å². The van der Waals surface area contributed by atoms with Crippen molar-refractivity contribution in [2.24, 2.45) is 0 Å². The fourth-order valence-electron chi connectivity index (χ4n) is 1.01. The average molecular weight is 207 g/mol. The molecule has 5 heteroatoms. The largest absolute Gasteiger partial charge is 0.432 e. The molecule has 0 aliphatic rings. The van der Waals surface area contributed by atoms with Gasteiger partial charge in [0.2, 0.25) is 0 Å². The van der Waals surface area contributed by atoms with E-state index in [2.05, 4.69) is 10.1 Å². The van der Waals surface area contributed by atoms with Crippen molar-refractivity contribution >= 4 is 5.69 Å². The minimum Gasteiger partial charge on any atom is -0.432 e. The predicted octanol–water partition coefficient (Wildman–Crippen LogP) is 3.10. The molecule has 1 N–H and O–H groups in total. The SMILES string of the molecule is CCNc1ccc(OC(F)F)c(F)c1.[HH]. The minimum atomic E-state index is -3.01. The van der Waals surface area contributed by atoms with Gasteiger partial charge in [0, 0.05) is 19.7 Å². The predicted molar refractivity (Wildman–Crippen MR) is 49.3 cm³/mol. The Morgan fingerprint density at radius 1 is 1.50 bits per heavy atom. The van der Waals surface area contributed by atoms with Crippen LogP contribution in [0.15, 0.2) is 18.2 Å². The van der Waals surface area contributed by atoms with Gasteiger partial charge in [-0.2, -0.15) is 8.78 Å². The van der Waals surface area contributed by atoms with Gasteiger partial charge >= 0.3 is 6.61 Å². The van der Waals surface area contributed by atoms with Crippen molar-refractivity contribution in [2.75, 3.05) is 11.9 Å². The Morgan fingerprint density at radius 2 is 2.21 bits per heavy atom. The minimum absolute atomic E-state index is 0. The van der Waals surface area contributed by atoms with Gasteiger partial charge in [-0.3, -0.25) is 0 Å². The van der Waals surface area contributed by atoms with Crippen LogP contribution in [-0.4, -0.2) is 13.2 Å². The summed E-state index contributed by atoms with van der Waals surface area (Å²) in [5, 5.41) is 2.85. The summed E-state index contributed by atoms with van der Waals surface area (Å²) < 4.78 is 40.5. The molecule has 0 aliphatic carbocycles. The first-order valence-corrected chi connectivity index (χ1v) is 4.11. The number of anilines is 1. The van der Waals surface area contributed by atoms with Crippen molar-refractivity contribution in [3.8, 4) is 5.75 Å². The summed E-state index contributed by atoms with van der Waals surface area (Å²) in [6, 6.07) is 3.75. The topological polar surface area (TPSA) is 21.3 Å². The molecule has 1 rings (SSSR count). The standard InChI is InChI=1S/C9H10F3NO.H2/c1-2-13-6-3-4-8(7(10)5-6)14-9(11)12;/h3-5,9,13H,2H2,1H3;1H. The third kappa shape index (κ3) is 2.83. The molecular formula is C9H12F3NO. The van der Waals surface area contributed by atoms with E-state index in [-0.39, 0.29) is 1.43 Å². The molecule has 1 aromatic rings. The van der Waals surface area contributed by atoms with Crippen LogP contribution >= 0.6 is 0 Å². The summed E-state index contributed by atoms with van der Waals surface area (Å²) in [6.07, 6.45) is 0. The second-order valence-corrected chi connectivity index (χ2v) is 2.55. The molecule has 0 unspecified atom stereocenters. The molecule has 0 saturated heterocycles. The lowest BCUT2D eigenvalue weighted by atomic mass is 10.3. The van der Waals surface area contributed by atoms with Crippen LogP contribution in [0.4, 0.5) is 18.9 Å². The Hall–Kier alpha value is -1.39. The summed E-state index contributed by atoms with van der Waals surface area (Å²) in [5.74, 6) is -1.24. The Morgan fingerprint density at radius 3 is 2.71 bits per heavy atom. The van der Waals surface area contributed by atoms with Gasteiger partial charge in [-0.25, -0.2) is 4.39 Å². The van der Waals surface area contributed by atoms with Crippen LogP contribution in [0.1, 0.15) is 8.35 Å². The summed E-state index contributed by atoms with van der Waals surface area (Å²) in [4.78, 5) is 0. The van der Waals surface area contributed by atoms with E-state index in [4.69, 9.17) is 0 Å². The number of halogens is 3. The zero-order valence-corrected chi connectivity index (χ0v) is 7.56. The number of hydrogen-bond acceptors (Lipinski definition) is 2. The molecule has 0 aromatic heterocycles. The van der Waals surface area contributed by atoms with Gasteiger partial charge in [-0.15, -0.1) is 0 Å². The van der Waals surface area contributed by atoms with Gasteiger partial charge in [-0.1, -0.05) is 0 Å². The highest BCUT2D eigenvalue weighted by Gasteiger charge is 2.09. The molecule has 0 bridgehead atoms. The third-order valence-corrected chi connectivity index (χ3v) is 1.53. The Balaban J connectivity index is 0.00000196. The third-order valence-electron chi connectivity index (χ3n) is 1.53. The highest BCUT2D eigenvalue weighted by Crippen LogP contribution is 2.22. The quantitative estimate of drug-likeness (QED) is 0.819. The van der Waals surface area contributed by atoms with Gasteiger partial charge in [0.25, 0.3) is 0 Å². The summed E-state index contributed by atoms with van der Waals surface area (Å²) in [6.45, 7) is -0.523. The fourth-order valence-corrected chi connectivity index (χ4v) is 1.01. The summed E-state index contributed by atoms with van der Waals surface area (Å²) >= 11 is 0. The lowest BCUT2D eigenvalue weighted by molar-refractivity contribution is -0.0521. The molecule has 0 amide bonds. The van der Waals surface area contributed by atoms with E-state index in [0.29, 0.717) is 12.2 Å². The molecule has 1 aromatic carbocycles. The maximum absolute atomic E-state index is 13.0. The molecule has 0 atom stereocenters. The number of rotatable bonds is 4. The van der Waals surface area contributed by atoms with Crippen molar-refractivity contribution in [3.05, 3.63) is 24.0 Å². The second kappa shape index (κ2) is 4.74. The van der Waals surface area contributed by atoms with Gasteiger partial charge in [0.1, 0.15) is 0 Å². The van der Waals surface area contributed by atoms with E-state index in [1.54, 1.807) is 0 Å². The number of ether oxygens (including phenoxy) is 1. The maximum Gasteiger partial charge on any atom is 0.387 e. The monoisotopic (exact) mass is 207 g/mol. The van der Waals surface area contributed by atoms with Crippen LogP contribution in [0.5, 0.6) is 5.75 Å². The van der Waals surface area contributed by atoms with Crippen LogP contribution < -0.4 is 10.1 Å². The lowest BCUT2D eigenvalue weighted by Gasteiger charge is -2.07. The van der Waals surface area contributed by atoms with E-state index in [1.807, 2.05) is 6.92 Å². The molecule has 80 valence electrons. The number of hydrogen-bond donors (Lipinski definition) is 1. The summed E-state index contributed by atoms with van der Waals surface area (Å²) in [5.41, 5.74) is 0.534. The van der Waals surface area contributed by atoms with Crippen molar-refractivity contribution in [3.63, 3.8) is 0 Å². The van der Waals surface area contributed by atoms with E-state index in [1.165, 1.54) is 12.1 Å². The van der Waals surface area contributed by atoms with Crippen molar-refractivity contribution in [1.82, 2.24) is 0 Å². The molecule has 0 aliphatic heterocycles. The molecule has 0 radical (unpaired) electrons. The molecule has 2 nitrogen and oxygen atoms in total. The normalized spacial score (nSPS) is 10.4. The van der Waals surface area contributed by atoms with Crippen LogP contribution in [-0.2, 0) is 0 Å². The molecule has 0 fully saturated rings. The average Bonchev–Trinajstić information content (AvgIpc) is 2.10. The van der Waals surface area contributed by atoms with Crippen molar-refractivity contribution in [1.29, 1.82) is 0 Å². The number of nitrogens with one attached hydrogen (secondary N) is 1. The fraction of sp³-hybridized carbons (Fsp3) is 0.333. The van der Waals surface area contributed by atoms with Crippen LogP contribution in [0.2, 0.25) is 0 Å². The van der Waals surface area contributed by atoms with Gasteiger partial charge in [-0.05, 0) is 19.1 Å². The zero-order valence-electron chi connectivity index (χ0n) is 7.56. The smallest absolute Gasteiger partial charge is 0.387 e. The highest BCUT2D eigenvalue weighted by atomic mass is 19.3. The summed E-state index contributed by atoms with van der Waals surface area (Å²) in [7, 11) is 0. The first-order chi connectivity index (χ1) is 6.63. The van der Waals surface area contributed by atoms with E-state index in [9.17, 15) is 13.2 Å². The van der Waals surface area contributed by atoms with Crippen LogP contribution in [0.25, 0.3) is 0 Å². The van der Waals surface area contributed by atoms with E-state index < -0.39 is 18.2 Å². The van der Waals surface area contributed by atoms with Gasteiger partial charge in [0.05, 0.1) is 0 Å². The highest BCUT2D eigenvalue weighted by molar-refractivity contribution is 5.47. The maximum atomic E-state index is 13.0. The van der Waals surface area contributed by atoms with Crippen molar-refractivity contribution in [2.45, 2.75) is 13.5 Å². The Kier molecular flexibility index (Phi) is 3.62. The first-order valence-electron chi connectivity index (χ1n) is 4.11.